The zero-order valence-corrected chi connectivity index (χ0v) is 9.31. The molecule has 0 unspecified atom stereocenters. The number of rotatable bonds is 3. The van der Waals surface area contributed by atoms with Crippen LogP contribution in [0.1, 0.15) is 11.3 Å². The van der Waals surface area contributed by atoms with Crippen LogP contribution in [0.15, 0.2) is 24.5 Å². The van der Waals surface area contributed by atoms with E-state index in [2.05, 4.69) is 16.5 Å². The molecule has 0 amide bonds. The molecule has 2 rings (SSSR count). The second-order valence-electron chi connectivity index (χ2n) is 3.68. The first-order valence-corrected chi connectivity index (χ1v) is 4.98. The molecule has 2 aromatic rings. The molecule has 1 N–H and O–H groups in total. The van der Waals surface area contributed by atoms with Gasteiger partial charge in [-0.25, -0.2) is 0 Å². The summed E-state index contributed by atoms with van der Waals surface area (Å²) in [5.41, 5.74) is 1.74. The van der Waals surface area contributed by atoms with Gasteiger partial charge in [-0.05, 0) is 11.6 Å². The van der Waals surface area contributed by atoms with E-state index >= 15 is 0 Å². The highest BCUT2D eigenvalue weighted by Crippen LogP contribution is 2.09. The molecule has 0 aliphatic rings. The van der Waals surface area contributed by atoms with Crippen LogP contribution in [0.4, 0.5) is 5.82 Å². The lowest BCUT2D eigenvalue weighted by molar-refractivity contribution is 0.768. The summed E-state index contributed by atoms with van der Waals surface area (Å²) in [4.78, 5) is 0. The van der Waals surface area contributed by atoms with Crippen LogP contribution < -0.4 is 5.32 Å². The maximum Gasteiger partial charge on any atom is 0.148 e. The minimum absolute atomic E-state index is 0.665. The Hall–Kier alpha value is -2.22. The molecular weight excluding hydrogens is 202 g/mol. The van der Waals surface area contributed by atoms with Gasteiger partial charge in [0.2, 0.25) is 0 Å². The number of aromatic nitrogens is 3. The Balaban J connectivity index is 2.02. The van der Waals surface area contributed by atoms with Gasteiger partial charge in [-0.1, -0.05) is 0 Å². The van der Waals surface area contributed by atoms with Crippen molar-refractivity contribution in [3.8, 4) is 6.07 Å². The van der Waals surface area contributed by atoms with E-state index in [1.807, 2.05) is 43.2 Å². The first-order valence-electron chi connectivity index (χ1n) is 4.98. The first-order chi connectivity index (χ1) is 7.69. The Morgan fingerprint density at radius 1 is 1.50 bits per heavy atom. The summed E-state index contributed by atoms with van der Waals surface area (Å²) in [7, 11) is 3.74. The minimum Gasteiger partial charge on any atom is -0.364 e. The summed E-state index contributed by atoms with van der Waals surface area (Å²) in [6.07, 6.45) is 3.82. The molecule has 0 saturated carbocycles. The van der Waals surface area contributed by atoms with Crippen molar-refractivity contribution in [2.45, 2.75) is 6.54 Å². The highest BCUT2D eigenvalue weighted by Gasteiger charge is 2.02. The summed E-state index contributed by atoms with van der Waals surface area (Å²) in [6, 6.07) is 5.92. The van der Waals surface area contributed by atoms with Gasteiger partial charge in [0.1, 0.15) is 17.6 Å². The molecular formula is C11H13N5. The molecule has 0 aliphatic heterocycles. The van der Waals surface area contributed by atoms with Crippen LogP contribution in [-0.2, 0) is 20.6 Å². The molecule has 5 heteroatoms. The Kier molecular flexibility index (Phi) is 2.64. The van der Waals surface area contributed by atoms with E-state index in [9.17, 15) is 0 Å². The van der Waals surface area contributed by atoms with Crippen molar-refractivity contribution >= 4 is 5.82 Å². The van der Waals surface area contributed by atoms with Crippen molar-refractivity contribution in [1.82, 2.24) is 14.3 Å². The molecule has 0 atom stereocenters. The predicted molar refractivity (Wildman–Crippen MR) is 60.7 cm³/mol. The molecule has 0 spiro atoms. The van der Waals surface area contributed by atoms with Gasteiger partial charge in [-0.15, -0.1) is 0 Å². The molecule has 82 valence electrons. The maximum absolute atomic E-state index is 8.81. The van der Waals surface area contributed by atoms with Crippen molar-refractivity contribution in [1.29, 1.82) is 5.26 Å². The van der Waals surface area contributed by atoms with Gasteiger partial charge in [-0.3, -0.25) is 4.68 Å². The van der Waals surface area contributed by atoms with Crippen LogP contribution in [0.5, 0.6) is 0 Å². The van der Waals surface area contributed by atoms with Crippen LogP contribution in [-0.4, -0.2) is 14.3 Å². The summed E-state index contributed by atoms with van der Waals surface area (Å²) in [6.45, 7) is 0.673. The van der Waals surface area contributed by atoms with E-state index in [1.54, 1.807) is 4.68 Å². The van der Waals surface area contributed by atoms with Gasteiger partial charge in [0.15, 0.2) is 0 Å². The summed E-state index contributed by atoms with van der Waals surface area (Å²) < 4.78 is 3.56. The van der Waals surface area contributed by atoms with Gasteiger partial charge in [-0.2, -0.15) is 10.4 Å². The Morgan fingerprint density at radius 3 is 2.88 bits per heavy atom. The third-order valence-corrected chi connectivity index (χ3v) is 2.36. The molecule has 0 radical (unpaired) electrons. The fourth-order valence-electron chi connectivity index (χ4n) is 1.54. The third-order valence-electron chi connectivity index (χ3n) is 2.36. The Bertz CT molecular complexity index is 529. The molecule has 0 saturated heterocycles. The topological polar surface area (TPSA) is 58.6 Å². The van der Waals surface area contributed by atoms with Gasteiger partial charge in [0.25, 0.3) is 0 Å². The number of anilines is 1. The van der Waals surface area contributed by atoms with E-state index in [0.29, 0.717) is 12.2 Å². The maximum atomic E-state index is 8.81. The van der Waals surface area contributed by atoms with Crippen molar-refractivity contribution in [3.63, 3.8) is 0 Å². The smallest absolute Gasteiger partial charge is 0.148 e. The van der Waals surface area contributed by atoms with Crippen LogP contribution in [0, 0.1) is 11.3 Å². The van der Waals surface area contributed by atoms with Crippen LogP contribution in [0.3, 0.4) is 0 Å². The Morgan fingerprint density at radius 2 is 2.31 bits per heavy atom. The summed E-state index contributed by atoms with van der Waals surface area (Å²) in [5.74, 6) is 0.838. The number of nitriles is 1. The zero-order chi connectivity index (χ0) is 11.5. The zero-order valence-electron chi connectivity index (χ0n) is 9.31. The van der Waals surface area contributed by atoms with E-state index in [1.165, 1.54) is 0 Å². The molecule has 5 nitrogen and oxygen atoms in total. The number of hydrogen-bond donors (Lipinski definition) is 1. The molecule has 16 heavy (non-hydrogen) atoms. The highest BCUT2D eigenvalue weighted by molar-refractivity contribution is 5.35. The average Bonchev–Trinajstić information content (AvgIpc) is 2.82. The van der Waals surface area contributed by atoms with Gasteiger partial charge in [0, 0.05) is 39.1 Å². The van der Waals surface area contributed by atoms with E-state index < -0.39 is 0 Å². The largest absolute Gasteiger partial charge is 0.364 e. The number of hydrogen-bond acceptors (Lipinski definition) is 3. The van der Waals surface area contributed by atoms with E-state index in [0.717, 1.165) is 11.4 Å². The highest BCUT2D eigenvalue weighted by atomic mass is 15.3. The average molecular weight is 215 g/mol. The first kappa shape index (κ1) is 10.3. The summed E-state index contributed by atoms with van der Waals surface area (Å²) in [5, 5.41) is 16.2. The molecule has 0 aromatic carbocycles. The number of nitrogens with zero attached hydrogens (tertiary/aromatic N) is 4. The normalized spacial score (nSPS) is 10.1. The fourth-order valence-corrected chi connectivity index (χ4v) is 1.54. The Labute approximate surface area is 93.9 Å². The lowest BCUT2D eigenvalue weighted by Crippen LogP contribution is -1.99. The standard InChI is InChI=1S/C11H13N5/c1-15-8-9(5-10(15)6-12)7-13-11-3-4-16(2)14-11/h3-5,8H,7H2,1-2H3,(H,13,14). The molecule has 2 aromatic heterocycles. The molecule has 0 bridgehead atoms. The fraction of sp³-hybridized carbons (Fsp3) is 0.273. The molecule has 0 aliphatic carbocycles. The van der Waals surface area contributed by atoms with Crippen LogP contribution in [0.2, 0.25) is 0 Å². The van der Waals surface area contributed by atoms with Crippen LogP contribution >= 0.6 is 0 Å². The monoisotopic (exact) mass is 215 g/mol. The quantitative estimate of drug-likeness (QED) is 0.838. The van der Waals surface area contributed by atoms with E-state index in [4.69, 9.17) is 5.26 Å². The van der Waals surface area contributed by atoms with Gasteiger partial charge >= 0.3 is 0 Å². The predicted octanol–water partition coefficient (Wildman–Crippen LogP) is 1.24. The lowest BCUT2D eigenvalue weighted by Gasteiger charge is -1.99. The third kappa shape index (κ3) is 2.06. The van der Waals surface area contributed by atoms with Crippen LogP contribution in [0.25, 0.3) is 0 Å². The second kappa shape index (κ2) is 4.11. The number of nitrogens with one attached hydrogen (secondary N) is 1. The summed E-state index contributed by atoms with van der Waals surface area (Å²) >= 11 is 0. The SMILES string of the molecule is Cn1ccc(NCc2cc(C#N)n(C)c2)n1. The van der Waals surface area contributed by atoms with Crippen molar-refractivity contribution in [3.05, 3.63) is 35.8 Å². The number of aryl methyl sites for hydroxylation is 2. The van der Waals surface area contributed by atoms with E-state index in [-0.39, 0.29) is 0 Å². The van der Waals surface area contributed by atoms with Crippen molar-refractivity contribution in [2.75, 3.05) is 5.32 Å². The van der Waals surface area contributed by atoms with Crippen molar-refractivity contribution < 1.29 is 0 Å². The van der Waals surface area contributed by atoms with Gasteiger partial charge in [0.05, 0.1) is 0 Å². The second-order valence-corrected chi connectivity index (χ2v) is 3.68. The molecule has 2 heterocycles. The van der Waals surface area contributed by atoms with Gasteiger partial charge < -0.3 is 9.88 Å². The van der Waals surface area contributed by atoms with Crippen molar-refractivity contribution in [2.24, 2.45) is 14.1 Å². The minimum atomic E-state index is 0.665. The molecule has 0 fully saturated rings. The lowest BCUT2D eigenvalue weighted by atomic mass is 10.3.